The lowest BCUT2D eigenvalue weighted by Crippen LogP contribution is -2.53. The number of unbranched alkanes of at least 4 members (excludes halogenated alkanes) is 48. The van der Waals surface area contributed by atoms with Gasteiger partial charge in [0.1, 0.15) is 12.2 Å². The van der Waals surface area contributed by atoms with Gasteiger partial charge in [-0.3, -0.25) is 4.79 Å². The minimum absolute atomic E-state index is 0.367. The predicted octanol–water partition coefficient (Wildman–Crippen LogP) is 19.8. The van der Waals surface area contributed by atoms with Crippen molar-refractivity contribution in [3.63, 3.8) is 0 Å². The summed E-state index contributed by atoms with van der Waals surface area (Å²) in [6.07, 6.45) is 75.6. The van der Waals surface area contributed by atoms with Crippen LogP contribution < -0.4 is 5.32 Å². The maximum atomic E-state index is 12.6. The van der Waals surface area contributed by atoms with E-state index in [-0.39, 0.29) is 0 Å². The molecule has 0 heterocycles. The lowest BCUT2D eigenvalue weighted by atomic mass is 9.99. The molecule has 0 radical (unpaired) electrons. The molecule has 0 aliphatic heterocycles. The largest absolute Gasteiger partial charge is 0.394 e. The Morgan fingerprint density at radius 1 is 0.347 bits per heavy atom. The second-order valence-corrected chi connectivity index (χ2v) is 22.8. The molecule has 5 N–H and O–H groups in total. The Morgan fingerprint density at radius 3 is 0.875 bits per heavy atom. The zero-order valence-electron chi connectivity index (χ0n) is 48.7. The fourth-order valence-electron chi connectivity index (χ4n) is 10.6. The van der Waals surface area contributed by atoms with Gasteiger partial charge in [0.25, 0.3) is 0 Å². The summed E-state index contributed by atoms with van der Waals surface area (Å²) in [5.74, 6) is -0.580. The average Bonchev–Trinajstić information content (AvgIpc) is 3.39. The summed E-state index contributed by atoms with van der Waals surface area (Å²) in [7, 11) is 0. The first-order valence-electron chi connectivity index (χ1n) is 32.7. The van der Waals surface area contributed by atoms with Crippen LogP contribution in [0.3, 0.4) is 0 Å². The Balaban J connectivity index is 3.57. The first-order chi connectivity index (χ1) is 35.5. The topological polar surface area (TPSA) is 110 Å². The van der Waals surface area contributed by atoms with Crippen molar-refractivity contribution in [2.24, 2.45) is 0 Å². The first-order valence-corrected chi connectivity index (χ1v) is 32.7. The molecule has 0 bridgehead atoms. The molecule has 0 saturated heterocycles. The second kappa shape index (κ2) is 60.7. The highest BCUT2D eigenvalue weighted by Crippen LogP contribution is 2.19. The number of carbonyl (C=O) groups excluding carboxylic acids is 1. The third-order valence-electron chi connectivity index (χ3n) is 15.7. The fourth-order valence-corrected chi connectivity index (χ4v) is 10.6. The summed E-state index contributed by atoms with van der Waals surface area (Å²) in [5.41, 5.74) is 0. The molecule has 6 nitrogen and oxygen atoms in total. The third kappa shape index (κ3) is 53.6. The van der Waals surface area contributed by atoms with E-state index in [0.717, 1.165) is 44.9 Å². The van der Waals surface area contributed by atoms with E-state index in [0.29, 0.717) is 12.8 Å². The standard InChI is InChI=1S/C66H129NO5/c1-3-5-7-9-11-13-15-17-19-21-23-25-27-29-31-32-33-34-36-37-39-41-43-45-47-49-51-53-55-57-59-63(69)65(71)62(61-68)67-66(72)64(70)60-58-56-54-52-50-48-46-44-42-40-38-35-30-28-26-24-22-20-18-16-14-12-10-8-6-4-2/h24,26,30,35,62-65,68-71H,3-23,25,27-29,31-34,36-61H2,1-2H3,(H,67,72)/b26-24-,35-30-. The van der Waals surface area contributed by atoms with Crippen LogP contribution in [0.5, 0.6) is 0 Å². The quantitative estimate of drug-likeness (QED) is 0.0308. The molecule has 0 aliphatic carbocycles. The van der Waals surface area contributed by atoms with Crippen molar-refractivity contribution >= 4 is 5.91 Å². The molecule has 0 aliphatic rings. The number of rotatable bonds is 61. The molecule has 0 aromatic rings. The highest BCUT2D eigenvalue weighted by molar-refractivity contribution is 5.80. The van der Waals surface area contributed by atoms with Gasteiger partial charge in [0.2, 0.25) is 5.91 Å². The number of amides is 1. The van der Waals surface area contributed by atoms with Crippen LogP contribution in [0.1, 0.15) is 361 Å². The highest BCUT2D eigenvalue weighted by atomic mass is 16.3. The smallest absolute Gasteiger partial charge is 0.249 e. The zero-order valence-corrected chi connectivity index (χ0v) is 48.7. The number of hydrogen-bond donors (Lipinski definition) is 5. The highest BCUT2D eigenvalue weighted by Gasteiger charge is 2.28. The van der Waals surface area contributed by atoms with Gasteiger partial charge in [0.15, 0.2) is 0 Å². The minimum atomic E-state index is -1.26. The summed E-state index contributed by atoms with van der Waals surface area (Å²) >= 11 is 0. The summed E-state index contributed by atoms with van der Waals surface area (Å²) in [6, 6.07) is -0.987. The van der Waals surface area contributed by atoms with Crippen molar-refractivity contribution < 1.29 is 25.2 Å². The van der Waals surface area contributed by atoms with E-state index in [2.05, 4.69) is 43.5 Å². The van der Waals surface area contributed by atoms with Crippen molar-refractivity contribution in [1.82, 2.24) is 5.32 Å². The van der Waals surface area contributed by atoms with Crippen LogP contribution in [0.15, 0.2) is 24.3 Å². The van der Waals surface area contributed by atoms with Crippen molar-refractivity contribution in [3.8, 4) is 0 Å². The summed E-state index contributed by atoms with van der Waals surface area (Å²) in [5, 5.41) is 44.2. The van der Waals surface area contributed by atoms with Crippen molar-refractivity contribution in [1.29, 1.82) is 0 Å². The molecule has 4 atom stereocenters. The van der Waals surface area contributed by atoms with Crippen LogP contribution in [-0.2, 0) is 4.79 Å². The zero-order chi connectivity index (χ0) is 52.3. The van der Waals surface area contributed by atoms with Crippen molar-refractivity contribution in [3.05, 3.63) is 24.3 Å². The molecule has 428 valence electrons. The molecule has 0 aromatic carbocycles. The van der Waals surface area contributed by atoms with Gasteiger partial charge in [-0.2, -0.15) is 0 Å². The Morgan fingerprint density at radius 2 is 0.597 bits per heavy atom. The number of allylic oxidation sites excluding steroid dienone is 4. The van der Waals surface area contributed by atoms with Gasteiger partial charge in [-0.15, -0.1) is 0 Å². The van der Waals surface area contributed by atoms with Crippen LogP contribution in [-0.4, -0.2) is 57.3 Å². The molecule has 0 spiro atoms. The van der Waals surface area contributed by atoms with E-state index < -0.39 is 36.9 Å². The molecule has 6 heteroatoms. The third-order valence-corrected chi connectivity index (χ3v) is 15.7. The minimum Gasteiger partial charge on any atom is -0.394 e. The van der Waals surface area contributed by atoms with Gasteiger partial charge in [0.05, 0.1) is 18.8 Å². The number of aliphatic hydroxyl groups is 4. The second-order valence-electron chi connectivity index (χ2n) is 22.8. The Hall–Kier alpha value is -1.21. The molecule has 1 amide bonds. The van der Waals surface area contributed by atoms with E-state index in [4.69, 9.17) is 0 Å². The number of nitrogens with one attached hydrogen (secondary N) is 1. The van der Waals surface area contributed by atoms with Gasteiger partial charge in [-0.25, -0.2) is 0 Å². The van der Waals surface area contributed by atoms with Crippen molar-refractivity contribution in [2.45, 2.75) is 385 Å². The first kappa shape index (κ1) is 70.8. The molecule has 0 saturated carbocycles. The van der Waals surface area contributed by atoms with Gasteiger partial charge in [-0.1, -0.05) is 340 Å². The molecular weight excluding hydrogens is 887 g/mol. The monoisotopic (exact) mass is 1020 g/mol. The van der Waals surface area contributed by atoms with E-state index >= 15 is 0 Å². The van der Waals surface area contributed by atoms with E-state index in [1.165, 1.54) is 289 Å². The average molecular weight is 1020 g/mol. The summed E-state index contributed by atoms with van der Waals surface area (Å²) in [4.78, 5) is 12.6. The predicted molar refractivity (Wildman–Crippen MR) is 316 cm³/mol. The molecule has 4 unspecified atom stereocenters. The number of hydrogen-bond acceptors (Lipinski definition) is 5. The van der Waals surface area contributed by atoms with Gasteiger partial charge in [-0.05, 0) is 44.9 Å². The van der Waals surface area contributed by atoms with Crippen LogP contribution in [0.25, 0.3) is 0 Å². The maximum absolute atomic E-state index is 12.6. The van der Waals surface area contributed by atoms with E-state index in [9.17, 15) is 25.2 Å². The SMILES string of the molecule is CCCCCCCCCCC/C=C\C/C=C\CCCCCCCCCCCCC(O)C(=O)NC(CO)C(O)C(O)CCCCCCCCCCCCCCCCCCCCCCCCCCCCCCCC. The molecular formula is C66H129NO5. The van der Waals surface area contributed by atoms with Crippen LogP contribution in [0, 0.1) is 0 Å². The van der Waals surface area contributed by atoms with Crippen LogP contribution in [0.4, 0.5) is 0 Å². The molecule has 0 rings (SSSR count). The van der Waals surface area contributed by atoms with Crippen molar-refractivity contribution in [2.75, 3.05) is 6.61 Å². The molecule has 0 fully saturated rings. The molecule has 0 aromatic heterocycles. The van der Waals surface area contributed by atoms with E-state index in [1.807, 2.05) is 0 Å². The Kier molecular flexibility index (Phi) is 59.6. The summed E-state index contributed by atoms with van der Waals surface area (Å²) in [6.45, 7) is 4.10. The van der Waals surface area contributed by atoms with Gasteiger partial charge >= 0.3 is 0 Å². The molecule has 72 heavy (non-hydrogen) atoms. The summed E-state index contributed by atoms with van der Waals surface area (Å²) < 4.78 is 0. The lowest BCUT2D eigenvalue weighted by Gasteiger charge is -2.27. The Labute approximate surface area is 450 Å². The lowest BCUT2D eigenvalue weighted by molar-refractivity contribution is -0.132. The Bertz CT molecular complexity index is 1100. The van der Waals surface area contributed by atoms with Gasteiger partial charge < -0.3 is 25.7 Å². The normalized spacial score (nSPS) is 13.7. The maximum Gasteiger partial charge on any atom is 0.249 e. The van der Waals surface area contributed by atoms with E-state index in [1.54, 1.807) is 0 Å². The van der Waals surface area contributed by atoms with Crippen LogP contribution in [0.2, 0.25) is 0 Å². The fraction of sp³-hybridized carbons (Fsp3) is 0.924. The number of aliphatic hydroxyl groups excluding tert-OH is 4. The van der Waals surface area contributed by atoms with Gasteiger partial charge in [0, 0.05) is 0 Å². The number of carbonyl (C=O) groups is 1. The van der Waals surface area contributed by atoms with Crippen LogP contribution >= 0.6 is 0 Å².